The second-order valence-corrected chi connectivity index (χ2v) is 10.7. The molecular weight excluding hydrogens is 351 g/mol. The van der Waals surface area contributed by atoms with Crippen LogP contribution in [-0.2, 0) is 0 Å². The number of nitrogens with one attached hydrogen (secondary N) is 1. The molecule has 0 heterocycles. The summed E-state index contributed by atoms with van der Waals surface area (Å²) < 4.78 is 10.6. The fourth-order valence-electron chi connectivity index (χ4n) is 3.34. The molecule has 27 heavy (non-hydrogen) atoms. The van der Waals surface area contributed by atoms with Crippen LogP contribution in [0.5, 0.6) is 5.75 Å². The Labute approximate surface area is 166 Å². The number of amidine groups is 1. The number of hydrogen-bond acceptors (Lipinski definition) is 2. The summed E-state index contributed by atoms with van der Waals surface area (Å²) in [5, 5.41) is 3.66. The molecule has 0 saturated heterocycles. The maximum absolute atomic E-state index is 5.32. The Morgan fingerprint density at radius 3 is 1.89 bits per heavy atom. The second kappa shape index (κ2) is 9.37. The molecule has 0 aliphatic heterocycles. The predicted molar refractivity (Wildman–Crippen MR) is 121 cm³/mol. The molecule has 2 rings (SSSR count). The predicted octanol–water partition coefficient (Wildman–Crippen LogP) is 6.69. The van der Waals surface area contributed by atoms with Crippen LogP contribution < -0.4 is 10.1 Å². The maximum atomic E-state index is 5.32. The highest BCUT2D eigenvalue weighted by Gasteiger charge is 2.19. The van der Waals surface area contributed by atoms with Gasteiger partial charge >= 0.3 is 0 Å². The molecule has 0 unspecified atom stereocenters. The summed E-state index contributed by atoms with van der Waals surface area (Å²) in [7, 11) is 1.21. The number of nitrogens with zero attached hydrogens (tertiary/aromatic N) is 1. The van der Waals surface area contributed by atoms with E-state index in [4.69, 9.17) is 9.50 Å². The first-order valence-electron chi connectivity index (χ1n) is 9.59. The van der Waals surface area contributed by atoms with Crippen molar-refractivity contribution in [3.05, 3.63) is 58.7 Å². The van der Waals surface area contributed by atoms with Gasteiger partial charge in [0.1, 0.15) is 11.6 Å². The topological polar surface area (TPSA) is 33.6 Å². The molecule has 4 heteroatoms. The molecule has 0 saturated carbocycles. The normalized spacial score (nSPS) is 12.2. The standard InChI is InChI=1S/C23H33N2OP/c1-15(2)27(16(3)4)25-23(20-9-11-21(26-8)12-10-20)24-22-18(6)13-17(5)14-19(22)7/h9-16H,1-8H3,(H,24,25). The maximum Gasteiger partial charge on any atom is 0.136 e. The highest BCUT2D eigenvalue weighted by atomic mass is 31.1. The first-order chi connectivity index (χ1) is 12.7. The fraction of sp³-hybridized carbons (Fsp3) is 0.435. The first kappa shape index (κ1) is 21.4. The molecule has 0 fully saturated rings. The van der Waals surface area contributed by atoms with E-state index >= 15 is 0 Å². The lowest BCUT2D eigenvalue weighted by atomic mass is 10.0. The molecule has 2 aromatic carbocycles. The average Bonchev–Trinajstić information content (AvgIpc) is 2.60. The molecule has 1 N–H and O–H groups in total. The van der Waals surface area contributed by atoms with Crippen molar-refractivity contribution in [1.29, 1.82) is 0 Å². The van der Waals surface area contributed by atoms with Gasteiger partial charge < -0.3 is 10.1 Å². The van der Waals surface area contributed by atoms with Crippen molar-refractivity contribution >= 4 is 19.6 Å². The Morgan fingerprint density at radius 1 is 0.926 bits per heavy atom. The summed E-state index contributed by atoms with van der Waals surface area (Å²) in [6.45, 7) is 15.5. The van der Waals surface area contributed by atoms with Gasteiger partial charge in [-0.15, -0.1) is 0 Å². The highest BCUT2D eigenvalue weighted by molar-refractivity contribution is 7.57. The molecular formula is C23H33N2OP. The SMILES string of the molecule is COc1ccc(C(=NP(C(C)C)C(C)C)Nc2c(C)cc(C)cc2C)cc1. The fourth-order valence-corrected chi connectivity index (χ4v) is 5.39. The van der Waals surface area contributed by atoms with Crippen LogP contribution in [-0.4, -0.2) is 24.3 Å². The number of aryl methyl sites for hydroxylation is 3. The smallest absolute Gasteiger partial charge is 0.136 e. The van der Waals surface area contributed by atoms with Crippen LogP contribution in [0.1, 0.15) is 49.9 Å². The zero-order valence-corrected chi connectivity index (χ0v) is 18.8. The zero-order chi connectivity index (χ0) is 20.1. The minimum Gasteiger partial charge on any atom is -0.497 e. The largest absolute Gasteiger partial charge is 0.497 e. The van der Waals surface area contributed by atoms with Gasteiger partial charge in [-0.05, 0) is 67.5 Å². The van der Waals surface area contributed by atoms with E-state index in [1.54, 1.807) is 7.11 Å². The summed E-state index contributed by atoms with van der Waals surface area (Å²) in [6.07, 6.45) is 0. The van der Waals surface area contributed by atoms with Gasteiger partial charge in [-0.2, -0.15) is 0 Å². The number of ether oxygens (including phenoxy) is 1. The van der Waals surface area contributed by atoms with Crippen molar-refractivity contribution in [2.75, 3.05) is 12.4 Å². The minimum absolute atomic E-state index is 0.480. The van der Waals surface area contributed by atoms with Gasteiger partial charge in [-0.3, -0.25) is 0 Å². The summed E-state index contributed by atoms with van der Waals surface area (Å²) in [6, 6.07) is 12.6. The lowest BCUT2D eigenvalue weighted by Gasteiger charge is -2.24. The third-order valence-corrected chi connectivity index (χ3v) is 7.10. The van der Waals surface area contributed by atoms with Crippen LogP contribution in [0.4, 0.5) is 5.69 Å². The number of benzene rings is 2. The van der Waals surface area contributed by atoms with Gasteiger partial charge in [-0.1, -0.05) is 45.4 Å². The Kier molecular flexibility index (Phi) is 7.44. The minimum atomic E-state index is -0.480. The molecule has 3 nitrogen and oxygen atoms in total. The molecule has 0 atom stereocenters. The molecule has 0 aliphatic carbocycles. The van der Waals surface area contributed by atoms with E-state index in [0.29, 0.717) is 11.3 Å². The van der Waals surface area contributed by atoms with E-state index < -0.39 is 8.07 Å². The van der Waals surface area contributed by atoms with E-state index in [0.717, 1.165) is 22.8 Å². The molecule has 0 radical (unpaired) electrons. The zero-order valence-electron chi connectivity index (χ0n) is 17.9. The van der Waals surface area contributed by atoms with Crippen molar-refractivity contribution in [3.63, 3.8) is 0 Å². The van der Waals surface area contributed by atoms with Crippen molar-refractivity contribution < 1.29 is 4.74 Å². The van der Waals surface area contributed by atoms with Crippen LogP contribution in [0.25, 0.3) is 0 Å². The van der Waals surface area contributed by atoms with Gasteiger partial charge in [0.2, 0.25) is 0 Å². The van der Waals surface area contributed by atoms with Crippen molar-refractivity contribution in [2.24, 2.45) is 4.76 Å². The van der Waals surface area contributed by atoms with Crippen LogP contribution in [0.2, 0.25) is 0 Å². The highest BCUT2D eigenvalue weighted by Crippen LogP contribution is 2.48. The summed E-state index contributed by atoms with van der Waals surface area (Å²) in [5.41, 5.74) is 7.08. The van der Waals surface area contributed by atoms with E-state index in [-0.39, 0.29) is 0 Å². The van der Waals surface area contributed by atoms with E-state index in [1.807, 2.05) is 12.1 Å². The first-order valence-corrected chi connectivity index (χ1v) is 11.0. The van der Waals surface area contributed by atoms with Gasteiger partial charge in [0.05, 0.1) is 7.11 Å². The van der Waals surface area contributed by atoms with Crippen molar-refractivity contribution in [1.82, 2.24) is 0 Å². The summed E-state index contributed by atoms with van der Waals surface area (Å²) in [5.74, 6) is 1.80. The quantitative estimate of drug-likeness (QED) is 0.342. The molecule has 2 aromatic rings. The van der Waals surface area contributed by atoms with E-state index in [9.17, 15) is 0 Å². The molecule has 0 spiro atoms. The number of anilines is 1. The van der Waals surface area contributed by atoms with Crippen molar-refractivity contribution in [2.45, 2.75) is 59.8 Å². The van der Waals surface area contributed by atoms with Crippen LogP contribution in [0, 0.1) is 20.8 Å². The summed E-state index contributed by atoms with van der Waals surface area (Å²) >= 11 is 0. The number of hydrogen-bond donors (Lipinski definition) is 1. The molecule has 0 amide bonds. The van der Waals surface area contributed by atoms with Crippen LogP contribution in [0.3, 0.4) is 0 Å². The lowest BCUT2D eigenvalue weighted by Crippen LogP contribution is -2.17. The Balaban J connectivity index is 2.52. The van der Waals surface area contributed by atoms with Gasteiger partial charge in [0.15, 0.2) is 0 Å². The van der Waals surface area contributed by atoms with Crippen LogP contribution in [0.15, 0.2) is 41.2 Å². The summed E-state index contributed by atoms with van der Waals surface area (Å²) in [4.78, 5) is 0. The molecule has 146 valence electrons. The lowest BCUT2D eigenvalue weighted by molar-refractivity contribution is 0.415. The third kappa shape index (κ3) is 5.56. The molecule has 0 bridgehead atoms. The number of methoxy groups -OCH3 is 1. The van der Waals surface area contributed by atoms with Gasteiger partial charge in [-0.25, -0.2) is 4.76 Å². The molecule has 0 aromatic heterocycles. The van der Waals surface area contributed by atoms with Gasteiger partial charge in [0, 0.05) is 19.3 Å². The Bertz CT molecular complexity index is 764. The van der Waals surface area contributed by atoms with E-state index in [1.165, 1.54) is 16.7 Å². The Hall–Kier alpha value is -1.86. The van der Waals surface area contributed by atoms with Crippen molar-refractivity contribution in [3.8, 4) is 5.75 Å². The molecule has 0 aliphatic rings. The monoisotopic (exact) mass is 384 g/mol. The number of rotatable bonds is 6. The van der Waals surface area contributed by atoms with Crippen LogP contribution >= 0.6 is 8.07 Å². The second-order valence-electron chi connectivity index (χ2n) is 7.64. The Morgan fingerprint density at radius 2 is 1.44 bits per heavy atom. The van der Waals surface area contributed by atoms with Gasteiger partial charge in [0.25, 0.3) is 0 Å². The third-order valence-electron chi connectivity index (χ3n) is 4.56. The average molecular weight is 385 g/mol. The van der Waals surface area contributed by atoms with E-state index in [2.05, 4.69) is 78.0 Å².